The number of nitrogens with one attached hydrogen (secondary N) is 1. The Hall–Kier alpha value is -1.25. The van der Waals surface area contributed by atoms with E-state index in [9.17, 15) is 8.42 Å². The second-order valence-electron chi connectivity index (χ2n) is 5.76. The average Bonchev–Trinajstić information content (AvgIpc) is 2.47. The number of rotatable bonds is 6. The monoisotopic (exact) mass is 328 g/mol. The fourth-order valence-electron chi connectivity index (χ4n) is 2.52. The van der Waals surface area contributed by atoms with Crippen molar-refractivity contribution in [2.75, 3.05) is 30.9 Å². The molecule has 1 aliphatic rings. The molecule has 2 rings (SSSR count). The van der Waals surface area contributed by atoms with Crippen LogP contribution in [0.4, 0.5) is 5.82 Å². The lowest BCUT2D eigenvalue weighted by molar-refractivity contribution is 0.136. The van der Waals surface area contributed by atoms with E-state index in [0.29, 0.717) is 6.54 Å². The molecule has 1 aromatic heterocycles. The highest BCUT2D eigenvalue weighted by Gasteiger charge is 2.26. The maximum absolute atomic E-state index is 12.1. The Labute approximate surface area is 132 Å². The third-order valence-electron chi connectivity index (χ3n) is 3.73. The van der Waals surface area contributed by atoms with Gasteiger partial charge in [-0.25, -0.2) is 13.1 Å². The van der Waals surface area contributed by atoms with E-state index in [1.807, 2.05) is 19.1 Å². The number of aryl methyl sites for hydroxylation is 1. The van der Waals surface area contributed by atoms with Gasteiger partial charge in [-0.1, -0.05) is 0 Å². The average molecular weight is 328 g/mol. The van der Waals surface area contributed by atoms with Crippen LogP contribution < -0.4 is 9.62 Å². The molecule has 0 bridgehead atoms. The maximum atomic E-state index is 12.1. The molecule has 2 heterocycles. The highest BCUT2D eigenvalue weighted by molar-refractivity contribution is 7.89. The minimum Gasteiger partial charge on any atom is -0.381 e. The molecule has 7 nitrogen and oxygen atoms in total. The second kappa shape index (κ2) is 7.34. The van der Waals surface area contributed by atoms with Crippen LogP contribution in [0.3, 0.4) is 0 Å². The van der Waals surface area contributed by atoms with Crippen molar-refractivity contribution in [3.8, 4) is 0 Å². The molecule has 1 N–H and O–H groups in total. The van der Waals surface area contributed by atoms with E-state index in [2.05, 4.69) is 19.8 Å². The summed E-state index contributed by atoms with van der Waals surface area (Å²) in [6.07, 6.45) is 1.43. The quantitative estimate of drug-likeness (QED) is 0.828. The van der Waals surface area contributed by atoms with Gasteiger partial charge in [-0.05, 0) is 38.8 Å². The normalized spacial score (nSPS) is 20.9. The predicted molar refractivity (Wildman–Crippen MR) is 85.4 cm³/mol. The van der Waals surface area contributed by atoms with E-state index in [4.69, 9.17) is 4.74 Å². The third kappa shape index (κ3) is 4.89. The molecule has 2 unspecified atom stereocenters. The molecule has 22 heavy (non-hydrogen) atoms. The highest BCUT2D eigenvalue weighted by atomic mass is 32.2. The van der Waals surface area contributed by atoms with Crippen molar-refractivity contribution in [2.24, 2.45) is 0 Å². The molecule has 1 fully saturated rings. The topological polar surface area (TPSA) is 84.4 Å². The largest absolute Gasteiger partial charge is 0.381 e. The van der Waals surface area contributed by atoms with Crippen molar-refractivity contribution in [1.82, 2.24) is 14.9 Å². The lowest BCUT2D eigenvalue weighted by Gasteiger charge is -2.33. The molecule has 8 heteroatoms. The van der Waals surface area contributed by atoms with Gasteiger partial charge in [-0.3, -0.25) is 0 Å². The zero-order valence-corrected chi connectivity index (χ0v) is 14.1. The van der Waals surface area contributed by atoms with Crippen LogP contribution in [0.1, 0.15) is 25.5 Å². The van der Waals surface area contributed by atoms with Gasteiger partial charge in [0.05, 0.1) is 17.6 Å². The van der Waals surface area contributed by atoms with Crippen LogP contribution in [-0.2, 0) is 14.8 Å². The molecule has 0 radical (unpaired) electrons. The molecular formula is C14H24N4O3S. The summed E-state index contributed by atoms with van der Waals surface area (Å²) in [7, 11) is -1.83. The number of hydrogen-bond acceptors (Lipinski definition) is 6. The molecule has 0 aliphatic carbocycles. The van der Waals surface area contributed by atoms with Crippen molar-refractivity contribution >= 4 is 15.8 Å². The van der Waals surface area contributed by atoms with Crippen molar-refractivity contribution in [1.29, 1.82) is 0 Å². The van der Waals surface area contributed by atoms with E-state index < -0.39 is 10.0 Å². The number of hydrogen-bond donors (Lipinski definition) is 1. The predicted octanol–water partition coefficient (Wildman–Crippen LogP) is 0.708. The molecular weight excluding hydrogens is 304 g/mol. The Morgan fingerprint density at radius 1 is 1.45 bits per heavy atom. The van der Waals surface area contributed by atoms with Crippen LogP contribution >= 0.6 is 0 Å². The highest BCUT2D eigenvalue weighted by Crippen LogP contribution is 2.17. The zero-order valence-electron chi connectivity index (χ0n) is 13.3. The number of piperidine rings is 1. The molecule has 0 saturated carbocycles. The first kappa shape index (κ1) is 17.1. The fraction of sp³-hybridized carbons (Fsp3) is 0.714. The first-order valence-corrected chi connectivity index (χ1v) is 9.13. The van der Waals surface area contributed by atoms with E-state index >= 15 is 0 Å². The van der Waals surface area contributed by atoms with Crippen LogP contribution in [0.5, 0.6) is 0 Å². The van der Waals surface area contributed by atoms with Crippen molar-refractivity contribution < 1.29 is 13.2 Å². The van der Waals surface area contributed by atoms with Crippen LogP contribution in [-0.4, -0.2) is 56.7 Å². The summed E-state index contributed by atoms with van der Waals surface area (Å²) in [4.78, 5) is 2.07. The Balaban J connectivity index is 1.97. The summed E-state index contributed by atoms with van der Waals surface area (Å²) < 4.78 is 32.0. The summed E-state index contributed by atoms with van der Waals surface area (Å²) in [5.41, 5.74) is 0.867. The fourth-order valence-corrected chi connectivity index (χ4v) is 4.07. The van der Waals surface area contributed by atoms with E-state index in [1.165, 1.54) is 7.11 Å². The minimum atomic E-state index is -3.34. The molecule has 124 valence electrons. The van der Waals surface area contributed by atoms with E-state index in [1.54, 1.807) is 6.92 Å². The van der Waals surface area contributed by atoms with Crippen molar-refractivity contribution in [2.45, 2.75) is 38.8 Å². The van der Waals surface area contributed by atoms with Crippen LogP contribution in [0.25, 0.3) is 0 Å². The van der Waals surface area contributed by atoms with Gasteiger partial charge in [0, 0.05) is 26.2 Å². The smallest absolute Gasteiger partial charge is 0.214 e. The SMILES string of the molecule is COC(C)CS(=O)(=O)NC1CCCN(c2ccc(C)nn2)C1. The van der Waals surface area contributed by atoms with Gasteiger partial charge in [0.2, 0.25) is 10.0 Å². The van der Waals surface area contributed by atoms with Crippen molar-refractivity contribution in [3.63, 3.8) is 0 Å². The Kier molecular flexibility index (Phi) is 5.71. The second-order valence-corrected chi connectivity index (χ2v) is 7.56. The number of ether oxygens (including phenoxy) is 1. The van der Waals surface area contributed by atoms with Gasteiger partial charge in [0.1, 0.15) is 0 Å². The van der Waals surface area contributed by atoms with E-state index in [-0.39, 0.29) is 17.9 Å². The number of sulfonamides is 1. The molecule has 2 atom stereocenters. The van der Waals surface area contributed by atoms with Crippen LogP contribution in [0, 0.1) is 6.92 Å². The lowest BCUT2D eigenvalue weighted by atomic mass is 10.1. The van der Waals surface area contributed by atoms with Gasteiger partial charge < -0.3 is 9.64 Å². The number of nitrogens with zero attached hydrogens (tertiary/aromatic N) is 3. The molecule has 0 aromatic carbocycles. The lowest BCUT2D eigenvalue weighted by Crippen LogP contribution is -2.49. The summed E-state index contributed by atoms with van der Waals surface area (Å²) >= 11 is 0. The Bertz CT molecular complexity index is 576. The van der Waals surface area contributed by atoms with Gasteiger partial charge >= 0.3 is 0 Å². The summed E-state index contributed by atoms with van der Waals surface area (Å²) in [5, 5.41) is 8.23. The van der Waals surface area contributed by atoms with Gasteiger partial charge in [0.25, 0.3) is 0 Å². The first-order chi connectivity index (χ1) is 10.4. The molecule has 0 spiro atoms. The standard InChI is InChI=1S/C14H24N4O3S/c1-11-6-7-14(16-15-11)18-8-4-5-13(9-18)17-22(19,20)10-12(2)21-3/h6-7,12-13,17H,4-5,8-10H2,1-3H3. The van der Waals surface area contributed by atoms with Crippen LogP contribution in [0.15, 0.2) is 12.1 Å². The number of methoxy groups -OCH3 is 1. The van der Waals surface area contributed by atoms with Crippen LogP contribution in [0.2, 0.25) is 0 Å². The Morgan fingerprint density at radius 2 is 2.23 bits per heavy atom. The molecule has 0 amide bonds. The molecule has 1 saturated heterocycles. The minimum absolute atomic E-state index is 0.0235. The maximum Gasteiger partial charge on any atom is 0.214 e. The van der Waals surface area contributed by atoms with Gasteiger partial charge in [-0.2, -0.15) is 5.10 Å². The Morgan fingerprint density at radius 3 is 2.86 bits per heavy atom. The first-order valence-electron chi connectivity index (χ1n) is 7.47. The summed E-state index contributed by atoms with van der Waals surface area (Å²) in [5.74, 6) is 0.768. The van der Waals surface area contributed by atoms with Gasteiger partial charge in [-0.15, -0.1) is 5.10 Å². The summed E-state index contributed by atoms with van der Waals surface area (Å²) in [6.45, 7) is 5.11. The van der Waals surface area contributed by atoms with Gasteiger partial charge in [0.15, 0.2) is 5.82 Å². The molecule has 1 aromatic rings. The zero-order chi connectivity index (χ0) is 16.2. The van der Waals surface area contributed by atoms with Crippen molar-refractivity contribution in [3.05, 3.63) is 17.8 Å². The third-order valence-corrected chi connectivity index (χ3v) is 5.33. The number of anilines is 1. The molecule has 1 aliphatic heterocycles. The van der Waals surface area contributed by atoms with E-state index in [0.717, 1.165) is 30.9 Å². The number of aromatic nitrogens is 2. The summed E-state index contributed by atoms with van der Waals surface area (Å²) in [6, 6.07) is 3.73.